The molecule has 1 fully saturated rings. The number of thiophene rings is 1. The van der Waals surface area contributed by atoms with Crippen LogP contribution in [0.15, 0.2) is 16.8 Å². The van der Waals surface area contributed by atoms with Gasteiger partial charge in [-0.25, -0.2) is 4.79 Å². The molecule has 1 saturated carbocycles. The third-order valence-electron chi connectivity index (χ3n) is 2.36. The Labute approximate surface area is 91.1 Å². The van der Waals surface area contributed by atoms with Gasteiger partial charge in [-0.2, -0.15) is 11.3 Å². The number of hydrogen-bond donors (Lipinski definition) is 1. The number of aliphatic carboxylic acids is 1. The minimum Gasteiger partial charge on any atom is -0.474 e. The Balaban J connectivity index is 2.07. The Kier molecular flexibility index (Phi) is 2.73. The molecule has 5 heteroatoms. The van der Waals surface area contributed by atoms with E-state index in [2.05, 4.69) is 0 Å². The van der Waals surface area contributed by atoms with Crippen LogP contribution in [0.3, 0.4) is 0 Å². The zero-order valence-electron chi connectivity index (χ0n) is 8.05. The molecule has 1 aliphatic carbocycles. The maximum absolute atomic E-state index is 11.4. The van der Waals surface area contributed by atoms with Gasteiger partial charge in [0.25, 0.3) is 0 Å². The van der Waals surface area contributed by atoms with E-state index in [1.807, 2.05) is 16.8 Å². The van der Waals surface area contributed by atoms with Gasteiger partial charge in [-0.3, -0.25) is 4.79 Å². The van der Waals surface area contributed by atoms with Crippen LogP contribution in [0, 0.1) is 0 Å². The van der Waals surface area contributed by atoms with Crippen LogP contribution >= 0.6 is 11.3 Å². The maximum Gasteiger partial charge on any atom is 0.394 e. The summed E-state index contributed by atoms with van der Waals surface area (Å²) in [6.07, 6.45) is 1.84. The minimum absolute atomic E-state index is 0.133. The van der Waals surface area contributed by atoms with Gasteiger partial charge in [0.2, 0.25) is 0 Å². The smallest absolute Gasteiger partial charge is 0.394 e. The van der Waals surface area contributed by atoms with Crippen LogP contribution in [0.4, 0.5) is 0 Å². The highest BCUT2D eigenvalue weighted by molar-refractivity contribution is 7.07. The maximum atomic E-state index is 11.4. The number of carbonyl (C=O) groups excluding carboxylic acids is 1. The second-order valence-corrected chi connectivity index (χ2v) is 4.38. The fourth-order valence-corrected chi connectivity index (χ4v) is 2.11. The van der Waals surface area contributed by atoms with Gasteiger partial charge < -0.3 is 10.0 Å². The lowest BCUT2D eigenvalue weighted by Gasteiger charge is -2.19. The van der Waals surface area contributed by atoms with Crippen molar-refractivity contribution in [1.29, 1.82) is 0 Å². The van der Waals surface area contributed by atoms with E-state index in [0.717, 1.165) is 18.4 Å². The Morgan fingerprint density at radius 2 is 2.27 bits per heavy atom. The third kappa shape index (κ3) is 2.36. The quantitative estimate of drug-likeness (QED) is 0.789. The van der Waals surface area contributed by atoms with E-state index in [4.69, 9.17) is 5.11 Å². The number of carbonyl (C=O) groups is 2. The van der Waals surface area contributed by atoms with E-state index >= 15 is 0 Å². The molecule has 0 aromatic carbocycles. The molecule has 0 atom stereocenters. The summed E-state index contributed by atoms with van der Waals surface area (Å²) < 4.78 is 0. The van der Waals surface area contributed by atoms with E-state index < -0.39 is 11.9 Å². The molecule has 0 radical (unpaired) electrons. The molecule has 1 aromatic rings. The first kappa shape index (κ1) is 10.2. The van der Waals surface area contributed by atoms with Crippen molar-refractivity contribution in [1.82, 2.24) is 4.90 Å². The molecular weight excluding hydrogens is 214 g/mol. The summed E-state index contributed by atoms with van der Waals surface area (Å²) in [7, 11) is 0. The first-order valence-electron chi connectivity index (χ1n) is 4.73. The average Bonchev–Trinajstić information content (AvgIpc) is 2.92. The number of nitrogens with zero attached hydrogens (tertiary/aromatic N) is 1. The lowest BCUT2D eigenvalue weighted by atomic mass is 10.3. The fraction of sp³-hybridized carbons (Fsp3) is 0.400. The summed E-state index contributed by atoms with van der Waals surface area (Å²) in [6.45, 7) is 0.416. The normalized spacial score (nSPS) is 14.9. The van der Waals surface area contributed by atoms with Crippen molar-refractivity contribution >= 4 is 23.2 Å². The van der Waals surface area contributed by atoms with Gasteiger partial charge in [0, 0.05) is 12.6 Å². The molecule has 4 nitrogen and oxygen atoms in total. The average molecular weight is 225 g/mol. The van der Waals surface area contributed by atoms with Crippen LogP contribution in [-0.2, 0) is 16.1 Å². The standard InChI is InChI=1S/C10H11NO3S/c12-9(10(13)14)11(8-1-2-8)5-7-3-4-15-6-7/h3-4,6,8H,1-2,5H2,(H,13,14). The van der Waals surface area contributed by atoms with Gasteiger partial charge in [-0.15, -0.1) is 0 Å². The molecule has 15 heavy (non-hydrogen) atoms. The lowest BCUT2D eigenvalue weighted by molar-refractivity contribution is -0.156. The topological polar surface area (TPSA) is 57.6 Å². The van der Waals surface area contributed by atoms with Crippen LogP contribution in [0.5, 0.6) is 0 Å². The summed E-state index contributed by atoms with van der Waals surface area (Å²) >= 11 is 1.55. The highest BCUT2D eigenvalue weighted by Crippen LogP contribution is 2.28. The SMILES string of the molecule is O=C(O)C(=O)N(Cc1ccsc1)C1CC1. The Hall–Kier alpha value is -1.36. The summed E-state index contributed by atoms with van der Waals surface area (Å²) in [5.41, 5.74) is 1.00. The van der Waals surface area contributed by atoms with Gasteiger partial charge in [-0.1, -0.05) is 0 Å². The second-order valence-electron chi connectivity index (χ2n) is 3.60. The Morgan fingerprint density at radius 3 is 2.73 bits per heavy atom. The van der Waals surface area contributed by atoms with Crippen molar-refractivity contribution in [2.45, 2.75) is 25.4 Å². The first-order chi connectivity index (χ1) is 7.18. The summed E-state index contributed by atoms with van der Waals surface area (Å²) in [5, 5.41) is 12.5. The summed E-state index contributed by atoms with van der Waals surface area (Å²) in [4.78, 5) is 23.4. The van der Waals surface area contributed by atoms with Gasteiger partial charge in [0.15, 0.2) is 0 Å². The lowest BCUT2D eigenvalue weighted by Crippen LogP contribution is -2.37. The largest absolute Gasteiger partial charge is 0.474 e. The van der Waals surface area contributed by atoms with Crippen molar-refractivity contribution in [2.75, 3.05) is 0 Å². The summed E-state index contributed by atoms with van der Waals surface area (Å²) in [5.74, 6) is -2.15. The van der Waals surface area contributed by atoms with Gasteiger partial charge in [-0.05, 0) is 35.2 Å². The van der Waals surface area contributed by atoms with Crippen LogP contribution in [0.2, 0.25) is 0 Å². The first-order valence-corrected chi connectivity index (χ1v) is 5.67. The molecule has 0 saturated heterocycles. The number of carboxylic acid groups (broad SMARTS) is 1. The Morgan fingerprint density at radius 1 is 1.53 bits per heavy atom. The molecule has 0 aliphatic heterocycles. The highest BCUT2D eigenvalue weighted by atomic mass is 32.1. The molecule has 1 aliphatic rings. The van der Waals surface area contributed by atoms with Crippen molar-refractivity contribution in [2.24, 2.45) is 0 Å². The minimum atomic E-state index is -1.36. The molecule has 0 spiro atoms. The molecule has 1 N–H and O–H groups in total. The van der Waals surface area contributed by atoms with Crippen molar-refractivity contribution in [3.8, 4) is 0 Å². The van der Waals surface area contributed by atoms with E-state index in [-0.39, 0.29) is 6.04 Å². The predicted octanol–water partition coefficient (Wildman–Crippen LogP) is 1.32. The molecular formula is C10H11NO3S. The third-order valence-corrected chi connectivity index (χ3v) is 3.10. The van der Waals surface area contributed by atoms with Gasteiger partial charge in [0.05, 0.1) is 0 Å². The monoisotopic (exact) mass is 225 g/mol. The summed E-state index contributed by atoms with van der Waals surface area (Å²) in [6, 6.07) is 2.04. The molecule has 2 rings (SSSR count). The number of carboxylic acids is 1. The Bertz CT molecular complexity index is 370. The van der Waals surface area contributed by atoms with Gasteiger partial charge in [0.1, 0.15) is 0 Å². The van der Waals surface area contributed by atoms with E-state index in [1.54, 1.807) is 11.3 Å². The van der Waals surface area contributed by atoms with Crippen LogP contribution < -0.4 is 0 Å². The van der Waals surface area contributed by atoms with Crippen LogP contribution in [-0.4, -0.2) is 27.9 Å². The van der Waals surface area contributed by atoms with Crippen molar-refractivity contribution in [3.63, 3.8) is 0 Å². The van der Waals surface area contributed by atoms with Crippen molar-refractivity contribution in [3.05, 3.63) is 22.4 Å². The number of rotatable bonds is 3. The van der Waals surface area contributed by atoms with Crippen LogP contribution in [0.25, 0.3) is 0 Å². The van der Waals surface area contributed by atoms with E-state index in [9.17, 15) is 9.59 Å². The van der Waals surface area contributed by atoms with Crippen molar-refractivity contribution < 1.29 is 14.7 Å². The number of amides is 1. The molecule has 80 valence electrons. The molecule has 0 unspecified atom stereocenters. The molecule has 1 aromatic heterocycles. The van der Waals surface area contributed by atoms with Gasteiger partial charge >= 0.3 is 11.9 Å². The zero-order chi connectivity index (χ0) is 10.8. The predicted molar refractivity (Wildman–Crippen MR) is 55.5 cm³/mol. The second kappa shape index (κ2) is 4.02. The number of hydrogen-bond acceptors (Lipinski definition) is 3. The highest BCUT2D eigenvalue weighted by Gasteiger charge is 2.35. The van der Waals surface area contributed by atoms with E-state index in [1.165, 1.54) is 4.90 Å². The molecule has 0 bridgehead atoms. The van der Waals surface area contributed by atoms with Crippen LogP contribution in [0.1, 0.15) is 18.4 Å². The molecule has 1 amide bonds. The molecule has 1 heterocycles. The van der Waals surface area contributed by atoms with E-state index in [0.29, 0.717) is 6.54 Å². The zero-order valence-corrected chi connectivity index (χ0v) is 8.87. The fourth-order valence-electron chi connectivity index (χ4n) is 1.46.